The summed E-state index contributed by atoms with van der Waals surface area (Å²) in [5.41, 5.74) is 14.7. The minimum Gasteiger partial charge on any atom is -0.308 e. The Labute approximate surface area is 301 Å². The van der Waals surface area contributed by atoms with Gasteiger partial charge in [-0.2, -0.15) is 0 Å². The summed E-state index contributed by atoms with van der Waals surface area (Å²) in [4.78, 5) is 15.4. The van der Waals surface area contributed by atoms with Crippen molar-refractivity contribution in [3.8, 4) is 39.9 Å². The molecule has 254 valence electrons. The maximum absolute atomic E-state index is 5.20. The largest absolute Gasteiger partial charge is 0.308 e. The molecule has 0 radical (unpaired) electrons. The zero-order chi connectivity index (χ0) is 35.8. The van der Waals surface area contributed by atoms with Crippen LogP contribution in [0.4, 0.5) is 0 Å². The molecule has 0 spiro atoms. The Hall–Kier alpha value is -5.09. The van der Waals surface area contributed by atoms with E-state index in [9.17, 15) is 0 Å². The zero-order valence-electron chi connectivity index (χ0n) is 31.5. The molecule has 4 nitrogen and oxygen atoms in total. The quantitative estimate of drug-likeness (QED) is 0.188. The van der Waals surface area contributed by atoms with E-state index in [4.69, 9.17) is 15.0 Å². The molecule has 51 heavy (non-hydrogen) atoms. The highest BCUT2D eigenvalue weighted by molar-refractivity contribution is 6.15. The van der Waals surface area contributed by atoms with Gasteiger partial charge in [0.15, 0.2) is 17.5 Å². The second kappa shape index (κ2) is 10.3. The second-order valence-corrected chi connectivity index (χ2v) is 17.9. The molecular weight excluding hydrogens is 621 g/mol. The highest BCUT2D eigenvalue weighted by Gasteiger charge is 2.45. The Morgan fingerprint density at radius 2 is 0.843 bits per heavy atom. The third-order valence-corrected chi connectivity index (χ3v) is 11.7. The third-order valence-electron chi connectivity index (χ3n) is 11.7. The molecular formula is C47H46N4. The molecule has 2 aliphatic heterocycles. The molecule has 5 aromatic carbocycles. The molecule has 0 bridgehead atoms. The molecule has 0 amide bonds. The third kappa shape index (κ3) is 4.54. The van der Waals surface area contributed by atoms with E-state index in [1.165, 1.54) is 60.9 Å². The minimum absolute atomic E-state index is 0.00123. The van der Waals surface area contributed by atoms with E-state index < -0.39 is 0 Å². The van der Waals surface area contributed by atoms with Gasteiger partial charge in [0, 0.05) is 38.3 Å². The smallest absolute Gasteiger partial charge is 0.164 e. The number of fused-ring (bicyclic) bond motifs is 1. The molecule has 0 fully saturated rings. The topological polar surface area (TPSA) is 43.6 Å². The van der Waals surface area contributed by atoms with Gasteiger partial charge in [0.1, 0.15) is 0 Å². The van der Waals surface area contributed by atoms with Crippen LogP contribution in [0.5, 0.6) is 0 Å². The summed E-state index contributed by atoms with van der Waals surface area (Å²) in [6, 6.07) is 35.2. The molecule has 2 aromatic heterocycles. The van der Waals surface area contributed by atoms with E-state index in [0.29, 0.717) is 17.5 Å². The van der Waals surface area contributed by atoms with Crippen LogP contribution in [0.2, 0.25) is 0 Å². The molecule has 4 heterocycles. The van der Waals surface area contributed by atoms with Crippen molar-refractivity contribution in [2.75, 3.05) is 0 Å². The summed E-state index contributed by atoms with van der Waals surface area (Å²) >= 11 is 0. The lowest BCUT2D eigenvalue weighted by atomic mass is 9.66. The monoisotopic (exact) mass is 666 g/mol. The van der Waals surface area contributed by atoms with Crippen molar-refractivity contribution >= 4 is 21.8 Å². The second-order valence-electron chi connectivity index (χ2n) is 17.9. The summed E-state index contributed by atoms with van der Waals surface area (Å²) in [6.07, 6.45) is 0. The molecule has 4 heteroatoms. The number of rotatable bonds is 3. The van der Waals surface area contributed by atoms with Crippen LogP contribution < -0.4 is 0 Å². The van der Waals surface area contributed by atoms with Crippen LogP contribution in [-0.2, 0) is 21.7 Å². The Bertz CT molecular complexity index is 2520. The standard InChI is InChI=1S/C47H46N4/c1-44(2,3)30-23-33-32-21-29(43-49-41(27-17-13-11-14-18-27)48-42(50-43)28-19-15-12-16-20-28)22-34-38(32)51-39(33)35(24-30)47(9,10)37-26-31(45(4,5)6)25-36(40(37)51)46(34,7)8/h11-26H,1-10H3. The van der Waals surface area contributed by atoms with E-state index in [1.807, 2.05) is 36.4 Å². The van der Waals surface area contributed by atoms with Crippen molar-refractivity contribution < 1.29 is 0 Å². The molecule has 9 rings (SSSR count). The number of benzene rings is 5. The maximum atomic E-state index is 5.20. The van der Waals surface area contributed by atoms with Crippen molar-refractivity contribution in [3.05, 3.63) is 130 Å². The highest BCUT2D eigenvalue weighted by Crippen LogP contribution is 2.57. The Balaban J connectivity index is 1.44. The van der Waals surface area contributed by atoms with Crippen LogP contribution in [0.15, 0.2) is 97.1 Å². The van der Waals surface area contributed by atoms with Crippen molar-refractivity contribution in [3.63, 3.8) is 0 Å². The van der Waals surface area contributed by atoms with Gasteiger partial charge >= 0.3 is 0 Å². The first-order valence-electron chi connectivity index (χ1n) is 18.3. The maximum Gasteiger partial charge on any atom is 0.164 e. The van der Waals surface area contributed by atoms with Crippen LogP contribution in [-0.4, -0.2) is 19.5 Å². The highest BCUT2D eigenvalue weighted by atomic mass is 15.0. The molecule has 0 unspecified atom stereocenters. The SMILES string of the molecule is CC(C)(C)c1cc2c3c(c1)C(C)(C)c1cc(C(C)(C)C)cc4c5cc(-c6nc(-c7ccccc7)nc(-c7ccccc7)n6)cc(c5n-3c14)C2(C)C. The molecule has 0 saturated carbocycles. The van der Waals surface area contributed by atoms with Gasteiger partial charge in [0.2, 0.25) is 0 Å². The first-order chi connectivity index (χ1) is 24.0. The summed E-state index contributed by atoms with van der Waals surface area (Å²) in [7, 11) is 0. The van der Waals surface area contributed by atoms with Crippen LogP contribution in [0.1, 0.15) is 103 Å². The lowest BCUT2D eigenvalue weighted by Crippen LogP contribution is -2.35. The van der Waals surface area contributed by atoms with Gasteiger partial charge in [-0.25, -0.2) is 15.0 Å². The molecule has 0 N–H and O–H groups in total. The zero-order valence-corrected chi connectivity index (χ0v) is 31.5. The fourth-order valence-electron chi connectivity index (χ4n) is 8.50. The Kier molecular flexibility index (Phi) is 6.40. The number of nitrogens with zero attached hydrogens (tertiary/aromatic N) is 4. The van der Waals surface area contributed by atoms with Gasteiger partial charge in [-0.15, -0.1) is 0 Å². The van der Waals surface area contributed by atoms with E-state index in [-0.39, 0.29) is 21.7 Å². The van der Waals surface area contributed by atoms with E-state index >= 15 is 0 Å². The lowest BCUT2D eigenvalue weighted by Gasteiger charge is -2.43. The van der Waals surface area contributed by atoms with Crippen molar-refractivity contribution in [1.29, 1.82) is 0 Å². The molecule has 0 aliphatic carbocycles. The lowest BCUT2D eigenvalue weighted by molar-refractivity contribution is 0.558. The molecule has 7 aromatic rings. The Morgan fingerprint density at radius 3 is 1.31 bits per heavy atom. The van der Waals surface area contributed by atoms with E-state index in [2.05, 4.69) is 134 Å². The van der Waals surface area contributed by atoms with Gasteiger partial charge in [0.05, 0.1) is 16.7 Å². The fraction of sp³-hybridized carbons (Fsp3) is 0.298. The van der Waals surface area contributed by atoms with Crippen LogP contribution in [0.25, 0.3) is 61.7 Å². The predicted molar refractivity (Wildman–Crippen MR) is 212 cm³/mol. The van der Waals surface area contributed by atoms with Crippen molar-refractivity contribution in [2.45, 2.75) is 90.9 Å². The summed E-state index contributed by atoms with van der Waals surface area (Å²) in [6.45, 7) is 23.7. The van der Waals surface area contributed by atoms with Gasteiger partial charge < -0.3 is 4.57 Å². The number of hydrogen-bond acceptors (Lipinski definition) is 3. The number of hydrogen-bond donors (Lipinski definition) is 0. The van der Waals surface area contributed by atoms with Crippen molar-refractivity contribution in [1.82, 2.24) is 19.5 Å². The summed E-state index contributed by atoms with van der Waals surface area (Å²) in [5.74, 6) is 2.04. The predicted octanol–water partition coefficient (Wildman–Crippen LogP) is 11.8. The van der Waals surface area contributed by atoms with E-state index in [1.54, 1.807) is 0 Å². The fourth-order valence-corrected chi connectivity index (χ4v) is 8.50. The molecule has 0 atom stereocenters. The summed E-state index contributed by atoms with van der Waals surface area (Å²) in [5, 5.41) is 2.56. The van der Waals surface area contributed by atoms with Gasteiger partial charge in [0.25, 0.3) is 0 Å². The van der Waals surface area contributed by atoms with Gasteiger partial charge in [-0.3, -0.25) is 0 Å². The van der Waals surface area contributed by atoms with E-state index in [0.717, 1.165) is 16.7 Å². The minimum atomic E-state index is -0.276. The number of aromatic nitrogens is 4. The van der Waals surface area contributed by atoms with Crippen LogP contribution in [0, 0.1) is 0 Å². The summed E-state index contributed by atoms with van der Waals surface area (Å²) < 4.78 is 2.62. The van der Waals surface area contributed by atoms with Gasteiger partial charge in [-0.1, -0.05) is 148 Å². The normalized spacial score (nSPS) is 15.6. The first-order valence-corrected chi connectivity index (χ1v) is 18.3. The van der Waals surface area contributed by atoms with Crippen LogP contribution >= 0.6 is 0 Å². The van der Waals surface area contributed by atoms with Gasteiger partial charge in [-0.05, 0) is 62.4 Å². The average molecular weight is 667 g/mol. The van der Waals surface area contributed by atoms with Crippen LogP contribution in [0.3, 0.4) is 0 Å². The molecule has 2 aliphatic rings. The molecule has 0 saturated heterocycles. The van der Waals surface area contributed by atoms with Crippen molar-refractivity contribution in [2.24, 2.45) is 0 Å². The Morgan fingerprint density at radius 1 is 0.451 bits per heavy atom. The first kappa shape index (κ1) is 31.9. The average Bonchev–Trinajstić information content (AvgIpc) is 3.43.